The van der Waals surface area contributed by atoms with Crippen LogP contribution in [0, 0.1) is 23.7 Å². The normalized spacial score (nSPS) is 20.3. The molecular weight excluding hydrogens is 1600 g/mol. The van der Waals surface area contributed by atoms with Gasteiger partial charge in [-0.25, -0.2) is 19.2 Å². The van der Waals surface area contributed by atoms with Crippen molar-refractivity contribution in [2.75, 3.05) is 27.4 Å². The number of furan rings is 1. The molecule has 5 heterocycles. The number of hydrogen-bond donors (Lipinski definition) is 4. The summed E-state index contributed by atoms with van der Waals surface area (Å²) in [5.74, 6) is -1.13. The lowest BCUT2D eigenvalue weighted by Gasteiger charge is -2.40. The Kier molecular flexibility index (Phi) is 28.1. The number of ether oxygens (including phenoxy) is 5. The zero-order valence-electron chi connectivity index (χ0n) is 75.6. The van der Waals surface area contributed by atoms with Crippen LogP contribution in [0.4, 0.5) is 0 Å². The summed E-state index contributed by atoms with van der Waals surface area (Å²) in [6.45, 7) is 24.6. The number of esters is 4. The van der Waals surface area contributed by atoms with E-state index in [2.05, 4.69) is 117 Å². The number of hydrogen-bond acceptors (Lipinski definition) is 18. The second-order valence-corrected chi connectivity index (χ2v) is 35.8. The van der Waals surface area contributed by atoms with Crippen molar-refractivity contribution in [1.29, 1.82) is 0 Å². The third kappa shape index (κ3) is 20.0. The van der Waals surface area contributed by atoms with Crippen molar-refractivity contribution in [3.63, 3.8) is 0 Å². The number of dihydropyridines is 4. The largest absolute Gasteiger partial charge is 0.497 e. The van der Waals surface area contributed by atoms with Gasteiger partial charge in [-0.1, -0.05) is 247 Å². The first-order chi connectivity index (χ1) is 61.6. The Morgan fingerprint density at radius 1 is 0.383 bits per heavy atom. The van der Waals surface area contributed by atoms with Crippen molar-refractivity contribution in [2.45, 2.75) is 177 Å². The molecule has 0 spiro atoms. The molecule has 0 bridgehead atoms. The van der Waals surface area contributed by atoms with Crippen LogP contribution in [0.2, 0.25) is 0 Å². The van der Waals surface area contributed by atoms with Crippen molar-refractivity contribution in [1.82, 2.24) is 21.3 Å². The second-order valence-electron chi connectivity index (χ2n) is 35.8. The monoisotopic (exact) mass is 1710 g/mol. The molecule has 6 unspecified atom stereocenters. The predicted octanol–water partition coefficient (Wildman–Crippen LogP) is 21.9. The summed E-state index contributed by atoms with van der Waals surface area (Å²) in [6.07, 6.45) is 7.12. The quantitative estimate of drug-likeness (QED) is 0.0461. The number of nitrogens with one attached hydrogen (secondary N) is 4. The summed E-state index contributed by atoms with van der Waals surface area (Å²) in [5.41, 5.74) is 23.8. The van der Waals surface area contributed by atoms with Crippen LogP contribution in [0.5, 0.6) is 5.75 Å². The third-order valence-electron chi connectivity index (χ3n) is 25.1. The average molecular weight is 1720 g/mol. The molecule has 4 N–H and O–H groups in total. The predicted molar refractivity (Wildman–Crippen MR) is 497 cm³/mol. The molecule has 18 nitrogen and oxygen atoms in total. The van der Waals surface area contributed by atoms with E-state index in [-0.39, 0.29) is 70.3 Å². The summed E-state index contributed by atoms with van der Waals surface area (Å²) in [5, 5.41) is 13.5. The van der Waals surface area contributed by atoms with E-state index in [1.807, 2.05) is 198 Å². The fraction of sp³-hybridized carbons (Fsp3) is 0.309. The molecule has 8 aliphatic rings. The Labute approximate surface area is 750 Å². The highest BCUT2D eigenvalue weighted by Gasteiger charge is 2.48. The summed E-state index contributed by atoms with van der Waals surface area (Å²) in [4.78, 5) is 105. The molecule has 18 heteroatoms. The molecule has 4 aliphatic carbocycles. The van der Waals surface area contributed by atoms with Gasteiger partial charge in [-0.05, 0) is 176 Å². The van der Waals surface area contributed by atoms with Gasteiger partial charge in [-0.15, -0.1) is 0 Å². The standard InChI is InChI=1S/C32H31NO4.C28H25NO4.C27H29NO3.C23H29NO3/c1-20-17-27-31(28(34)18-20)30(25-13-11-24(12-14-25)23-7-5-4-6-8-23)29(21(2)33-27)32(35)37-19-22-9-15-26(36-3)16-10-22;1-17-25(28(31)32-2)26(20-12-10-19(11-13-20)18-7-4-3-5-8-18)27-22(29-17)15-21(16-23(27)30)24-9-6-14-33-24;1-5-31-26(30)23-17(2)28-21-15-27(3,4)16-22(29)25(21)24(23)20-13-11-19(12-14-20)18-9-7-6-8-10-18;1-6-16-21(22(26)27-7-2)19(15-10-8-14(3)9-11-15)20-17(24-16)12-23(4,5)13-18(20)25/h4-16,20,30,33H,17-19H2,1-3H3;3-14,21,26,29H,15-16H2,1-2H3;6-14,24,28H,5,15-16H2,1-4H3;8-11,19,24H,6-7,12-13H2,1-5H3. The Morgan fingerprint density at radius 2 is 0.758 bits per heavy atom. The van der Waals surface area contributed by atoms with Gasteiger partial charge in [0.2, 0.25) is 0 Å². The van der Waals surface area contributed by atoms with Crippen molar-refractivity contribution >= 4 is 47.0 Å². The zero-order chi connectivity index (χ0) is 90.8. The highest BCUT2D eigenvalue weighted by atomic mass is 16.5. The van der Waals surface area contributed by atoms with E-state index in [0.717, 1.165) is 143 Å². The van der Waals surface area contributed by atoms with E-state index in [4.69, 9.17) is 28.1 Å². The number of allylic oxidation sites excluding steroid dienone is 12. The van der Waals surface area contributed by atoms with Gasteiger partial charge in [0.1, 0.15) is 18.1 Å². The van der Waals surface area contributed by atoms with Gasteiger partial charge in [0, 0.05) is 123 Å². The SMILES string of the molecule is CCOC(=O)C1=C(C)NC2=C(C(=O)CC(C)(C)C2)C1c1ccc(-c2ccccc2)cc1.CCOC(=O)C1=C(CC)NC2=C(C(=O)CC(C)(C)C2)C1c1ccc(C)cc1.COC(=O)C1=C(C)NC2=C(C(=O)CC(c3ccco3)C2)C1c1ccc(-c2ccccc2)cc1.COc1ccc(COC(=O)C2=C(C)NC3=C(C(=O)CC(C)C3)C2c2ccc(-c3ccccc3)cc2)cc1. The molecular formula is C110H114N4O14. The fourth-order valence-electron chi connectivity index (χ4n) is 19.2. The number of rotatable bonds is 18. The smallest absolute Gasteiger partial charge is 0.337 e. The highest BCUT2D eigenvalue weighted by molar-refractivity contribution is 6.07. The first-order valence-electron chi connectivity index (χ1n) is 44.4. The number of Topliss-reactive ketones (excluding diaryl/α,β-unsaturated/α-hetero) is 4. The van der Waals surface area contributed by atoms with Crippen LogP contribution in [0.3, 0.4) is 0 Å². The molecule has 6 atom stereocenters. The number of benzene rings is 8. The Hall–Kier alpha value is -13.5. The Bertz CT molecular complexity index is 5980. The summed E-state index contributed by atoms with van der Waals surface area (Å²) >= 11 is 0. The molecule has 0 saturated heterocycles. The molecule has 0 amide bonds. The molecule has 17 rings (SSSR count). The molecule has 4 aliphatic heterocycles. The third-order valence-corrected chi connectivity index (χ3v) is 25.1. The van der Waals surface area contributed by atoms with Gasteiger partial charge in [0.05, 0.1) is 56.0 Å². The van der Waals surface area contributed by atoms with Crippen LogP contribution in [0.1, 0.15) is 203 Å². The molecule has 0 fully saturated rings. The summed E-state index contributed by atoms with van der Waals surface area (Å²) in [7, 11) is 2.99. The summed E-state index contributed by atoms with van der Waals surface area (Å²) in [6, 6.07) is 74.1. The van der Waals surface area contributed by atoms with Crippen molar-refractivity contribution < 1.29 is 66.5 Å². The molecule has 9 aromatic rings. The van der Waals surface area contributed by atoms with E-state index < -0.39 is 29.7 Å². The topological polar surface area (TPSA) is 244 Å². The number of carbonyl (C=O) groups is 8. The van der Waals surface area contributed by atoms with E-state index in [1.165, 1.54) is 7.11 Å². The Balaban J connectivity index is 0.000000139. The zero-order valence-corrected chi connectivity index (χ0v) is 75.6. The summed E-state index contributed by atoms with van der Waals surface area (Å²) < 4.78 is 32.4. The Morgan fingerprint density at radius 3 is 1.17 bits per heavy atom. The van der Waals surface area contributed by atoms with Gasteiger partial charge in [-0.3, -0.25) is 19.2 Å². The van der Waals surface area contributed by atoms with Crippen LogP contribution < -0.4 is 26.0 Å². The van der Waals surface area contributed by atoms with Crippen molar-refractivity contribution in [2.24, 2.45) is 16.7 Å². The van der Waals surface area contributed by atoms with E-state index in [9.17, 15) is 38.4 Å². The van der Waals surface area contributed by atoms with Crippen LogP contribution in [-0.4, -0.2) is 74.4 Å². The van der Waals surface area contributed by atoms with E-state index in [0.29, 0.717) is 96.4 Å². The number of ketones is 4. The lowest BCUT2D eigenvalue weighted by molar-refractivity contribution is -0.141. The van der Waals surface area contributed by atoms with Crippen LogP contribution >= 0.6 is 0 Å². The van der Waals surface area contributed by atoms with Gasteiger partial charge in [0.25, 0.3) is 0 Å². The molecule has 0 saturated carbocycles. The lowest BCUT2D eigenvalue weighted by atomic mass is 9.68. The molecule has 0 radical (unpaired) electrons. The molecule has 8 aromatic carbocycles. The minimum Gasteiger partial charge on any atom is -0.497 e. The molecule has 1 aromatic heterocycles. The van der Waals surface area contributed by atoms with Crippen molar-refractivity contribution in [3.8, 4) is 39.1 Å². The fourth-order valence-corrected chi connectivity index (χ4v) is 19.2. The maximum absolute atomic E-state index is 13.5. The average Bonchev–Trinajstić information content (AvgIpc) is 0.859. The number of aryl methyl sites for hydroxylation is 1. The second kappa shape index (κ2) is 39.6. The van der Waals surface area contributed by atoms with Gasteiger partial charge < -0.3 is 49.4 Å². The van der Waals surface area contributed by atoms with Crippen LogP contribution in [0.15, 0.2) is 325 Å². The van der Waals surface area contributed by atoms with E-state index >= 15 is 0 Å². The van der Waals surface area contributed by atoms with Gasteiger partial charge in [-0.2, -0.15) is 0 Å². The van der Waals surface area contributed by atoms with Crippen LogP contribution in [-0.2, 0) is 63.9 Å². The highest BCUT2D eigenvalue weighted by Crippen LogP contribution is 2.52. The van der Waals surface area contributed by atoms with Gasteiger partial charge >= 0.3 is 23.9 Å². The van der Waals surface area contributed by atoms with Crippen molar-refractivity contribution in [3.05, 3.63) is 360 Å². The minimum absolute atomic E-state index is 0.0210. The molecule has 658 valence electrons. The maximum atomic E-state index is 13.5. The number of carbonyl (C=O) groups excluding carboxylic acids is 8. The number of methoxy groups -OCH3 is 2. The minimum atomic E-state index is -0.469. The van der Waals surface area contributed by atoms with E-state index in [1.54, 1.807) is 27.2 Å². The maximum Gasteiger partial charge on any atom is 0.337 e. The van der Waals surface area contributed by atoms with Gasteiger partial charge in [0.15, 0.2) is 23.1 Å². The lowest BCUT2D eigenvalue weighted by Crippen LogP contribution is -2.39. The first-order valence-corrected chi connectivity index (χ1v) is 44.4. The first kappa shape index (κ1) is 90.8. The molecule has 128 heavy (non-hydrogen) atoms. The van der Waals surface area contributed by atoms with Crippen LogP contribution in [0.25, 0.3) is 33.4 Å².